The van der Waals surface area contributed by atoms with Crippen LogP contribution in [-0.2, 0) is 0 Å². The molecule has 0 amide bonds. The zero-order valence-corrected chi connectivity index (χ0v) is 9.97. The molecule has 1 atom stereocenters. The van der Waals surface area contributed by atoms with Crippen molar-refractivity contribution < 1.29 is 0 Å². The second kappa shape index (κ2) is 4.73. The fourth-order valence-corrected chi connectivity index (χ4v) is 2.65. The van der Waals surface area contributed by atoms with E-state index in [4.69, 9.17) is 0 Å². The molecule has 0 aromatic carbocycles. The maximum atomic E-state index is 4.28. The van der Waals surface area contributed by atoms with E-state index < -0.39 is 0 Å². The van der Waals surface area contributed by atoms with Gasteiger partial charge >= 0.3 is 0 Å². The van der Waals surface area contributed by atoms with Crippen LogP contribution in [0.3, 0.4) is 0 Å². The minimum absolute atomic E-state index is 0.645. The van der Waals surface area contributed by atoms with Gasteiger partial charge in [-0.3, -0.25) is 0 Å². The number of hydrogen-bond donors (Lipinski definition) is 1. The highest BCUT2D eigenvalue weighted by molar-refractivity contribution is 7.11. The topological polar surface area (TPSA) is 24.9 Å². The molecule has 1 heterocycles. The number of aryl methyl sites for hydroxylation is 1. The van der Waals surface area contributed by atoms with Crippen LogP contribution in [0.15, 0.2) is 23.7 Å². The van der Waals surface area contributed by atoms with Gasteiger partial charge in [0.05, 0.1) is 16.1 Å². The summed E-state index contributed by atoms with van der Waals surface area (Å²) < 4.78 is 0. The van der Waals surface area contributed by atoms with Crippen molar-refractivity contribution in [1.29, 1.82) is 0 Å². The molecule has 15 heavy (non-hydrogen) atoms. The molecule has 1 aromatic rings. The third kappa shape index (κ3) is 2.36. The summed E-state index contributed by atoms with van der Waals surface area (Å²) in [4.78, 5) is 5.59. The molecule has 1 aromatic heterocycles. The van der Waals surface area contributed by atoms with Crippen LogP contribution in [0.25, 0.3) is 5.57 Å². The van der Waals surface area contributed by atoms with Gasteiger partial charge in [0.15, 0.2) is 0 Å². The molecule has 0 bridgehead atoms. The molecule has 0 aliphatic heterocycles. The smallest absolute Gasteiger partial charge is 0.0801 e. The second-order valence-corrected chi connectivity index (χ2v) is 4.69. The first-order chi connectivity index (χ1) is 7.31. The molecule has 0 spiro atoms. The van der Waals surface area contributed by atoms with Crippen LogP contribution in [0.5, 0.6) is 0 Å². The van der Waals surface area contributed by atoms with Crippen molar-refractivity contribution in [2.24, 2.45) is 5.92 Å². The highest BCUT2D eigenvalue weighted by Crippen LogP contribution is 2.28. The predicted octanol–water partition coefficient (Wildman–Crippen LogP) is 2.63. The first-order valence-corrected chi connectivity index (χ1v) is 6.12. The third-order valence-corrected chi connectivity index (χ3v) is 3.64. The van der Waals surface area contributed by atoms with Crippen molar-refractivity contribution in [2.75, 3.05) is 13.6 Å². The van der Waals surface area contributed by atoms with Gasteiger partial charge in [-0.1, -0.05) is 18.2 Å². The fraction of sp³-hybridized carbons (Fsp3) is 0.417. The van der Waals surface area contributed by atoms with E-state index in [-0.39, 0.29) is 0 Å². The Morgan fingerprint density at radius 2 is 2.47 bits per heavy atom. The summed E-state index contributed by atoms with van der Waals surface area (Å²) in [6.07, 6.45) is 7.98. The number of rotatable bonds is 3. The summed E-state index contributed by atoms with van der Waals surface area (Å²) in [6, 6.07) is 0. The minimum Gasteiger partial charge on any atom is -0.319 e. The molecule has 80 valence electrons. The number of hydrogen-bond acceptors (Lipinski definition) is 3. The SMILES string of the molecule is CNCC1C=CC(c2scnc2C)=CC1. The first kappa shape index (κ1) is 10.6. The van der Waals surface area contributed by atoms with Gasteiger partial charge in [-0.05, 0) is 31.9 Å². The van der Waals surface area contributed by atoms with Crippen LogP contribution >= 0.6 is 11.3 Å². The van der Waals surface area contributed by atoms with Gasteiger partial charge in [0, 0.05) is 6.54 Å². The van der Waals surface area contributed by atoms with Gasteiger partial charge in [-0.15, -0.1) is 11.3 Å². The quantitative estimate of drug-likeness (QED) is 0.847. The predicted molar refractivity (Wildman–Crippen MR) is 66.0 cm³/mol. The molecule has 3 heteroatoms. The average molecular weight is 220 g/mol. The van der Waals surface area contributed by atoms with E-state index in [2.05, 4.69) is 35.5 Å². The number of thiazole rings is 1. The summed E-state index contributed by atoms with van der Waals surface area (Å²) in [5.41, 5.74) is 4.39. The van der Waals surface area contributed by atoms with Gasteiger partial charge < -0.3 is 5.32 Å². The zero-order chi connectivity index (χ0) is 10.7. The Morgan fingerprint density at radius 1 is 1.60 bits per heavy atom. The van der Waals surface area contributed by atoms with Gasteiger partial charge in [0.25, 0.3) is 0 Å². The molecular weight excluding hydrogens is 204 g/mol. The maximum Gasteiger partial charge on any atom is 0.0801 e. The Morgan fingerprint density at radius 3 is 3.00 bits per heavy atom. The van der Waals surface area contributed by atoms with Crippen LogP contribution in [0.2, 0.25) is 0 Å². The van der Waals surface area contributed by atoms with Crippen molar-refractivity contribution in [2.45, 2.75) is 13.3 Å². The molecular formula is C12H16N2S. The normalized spacial score (nSPS) is 20.4. The summed E-state index contributed by atoms with van der Waals surface area (Å²) in [5, 5.41) is 3.21. The average Bonchev–Trinajstić information content (AvgIpc) is 2.66. The van der Waals surface area contributed by atoms with Crippen LogP contribution in [0, 0.1) is 12.8 Å². The summed E-state index contributed by atoms with van der Waals surface area (Å²) >= 11 is 1.72. The number of nitrogens with one attached hydrogen (secondary N) is 1. The maximum absolute atomic E-state index is 4.28. The first-order valence-electron chi connectivity index (χ1n) is 5.24. The Labute approximate surface area is 94.7 Å². The molecule has 2 rings (SSSR count). The van der Waals surface area contributed by atoms with Crippen molar-refractivity contribution in [3.05, 3.63) is 34.3 Å². The minimum atomic E-state index is 0.645. The van der Waals surface area contributed by atoms with Gasteiger partial charge in [-0.2, -0.15) is 0 Å². The van der Waals surface area contributed by atoms with Crippen LogP contribution in [0.4, 0.5) is 0 Å². The molecule has 0 saturated heterocycles. The zero-order valence-electron chi connectivity index (χ0n) is 9.16. The van der Waals surface area contributed by atoms with E-state index in [1.54, 1.807) is 11.3 Å². The Balaban J connectivity index is 2.10. The van der Waals surface area contributed by atoms with Crippen LogP contribution < -0.4 is 5.32 Å². The van der Waals surface area contributed by atoms with E-state index in [9.17, 15) is 0 Å². The lowest BCUT2D eigenvalue weighted by Gasteiger charge is -2.15. The molecule has 2 nitrogen and oxygen atoms in total. The van der Waals surface area contributed by atoms with E-state index in [0.29, 0.717) is 5.92 Å². The van der Waals surface area contributed by atoms with E-state index in [0.717, 1.165) is 18.7 Å². The second-order valence-electron chi connectivity index (χ2n) is 3.84. The molecule has 0 fully saturated rings. The highest BCUT2D eigenvalue weighted by atomic mass is 32.1. The van der Waals surface area contributed by atoms with Crippen molar-refractivity contribution in [3.63, 3.8) is 0 Å². The largest absolute Gasteiger partial charge is 0.319 e. The molecule has 1 unspecified atom stereocenters. The Kier molecular flexibility index (Phi) is 3.34. The van der Waals surface area contributed by atoms with Crippen molar-refractivity contribution in [1.82, 2.24) is 10.3 Å². The molecule has 0 radical (unpaired) electrons. The van der Waals surface area contributed by atoms with E-state index in [1.165, 1.54) is 10.5 Å². The van der Waals surface area contributed by atoms with E-state index >= 15 is 0 Å². The lowest BCUT2D eigenvalue weighted by molar-refractivity contribution is 0.603. The Bertz CT molecular complexity index is 390. The number of nitrogens with zero attached hydrogens (tertiary/aromatic N) is 1. The van der Waals surface area contributed by atoms with Gasteiger partial charge in [0.2, 0.25) is 0 Å². The Hall–Kier alpha value is -0.930. The monoisotopic (exact) mass is 220 g/mol. The lowest BCUT2D eigenvalue weighted by Crippen LogP contribution is -2.17. The van der Waals surface area contributed by atoms with Gasteiger partial charge in [0.1, 0.15) is 0 Å². The van der Waals surface area contributed by atoms with E-state index in [1.807, 2.05) is 12.6 Å². The summed E-state index contributed by atoms with van der Waals surface area (Å²) in [7, 11) is 2.00. The third-order valence-electron chi connectivity index (χ3n) is 2.66. The number of aromatic nitrogens is 1. The standard InChI is InChI=1S/C12H16N2S/c1-9-12(15-8-14-9)11-5-3-10(4-6-11)7-13-2/h3,5-6,8,10,13H,4,7H2,1-2H3. The highest BCUT2D eigenvalue weighted by Gasteiger charge is 2.11. The molecule has 0 saturated carbocycles. The molecule has 1 aliphatic carbocycles. The van der Waals surface area contributed by atoms with Crippen molar-refractivity contribution >= 4 is 16.9 Å². The molecule has 1 aliphatic rings. The summed E-state index contributed by atoms with van der Waals surface area (Å²) in [5.74, 6) is 0.645. The lowest BCUT2D eigenvalue weighted by atomic mass is 9.95. The number of allylic oxidation sites excluding steroid dienone is 3. The fourth-order valence-electron chi connectivity index (χ4n) is 1.83. The molecule has 1 N–H and O–H groups in total. The van der Waals surface area contributed by atoms with Crippen LogP contribution in [0.1, 0.15) is 17.0 Å². The van der Waals surface area contributed by atoms with Crippen molar-refractivity contribution in [3.8, 4) is 0 Å². The van der Waals surface area contributed by atoms with Crippen LogP contribution in [-0.4, -0.2) is 18.6 Å². The summed E-state index contributed by atoms with van der Waals surface area (Å²) in [6.45, 7) is 3.13. The van der Waals surface area contributed by atoms with Gasteiger partial charge in [-0.25, -0.2) is 4.98 Å².